The molecule has 21 heavy (non-hydrogen) atoms. The van der Waals surface area contributed by atoms with Crippen LogP contribution in [0.25, 0.3) is 0 Å². The first-order chi connectivity index (χ1) is 9.83. The van der Waals surface area contributed by atoms with E-state index in [1.54, 1.807) is 11.0 Å². The lowest BCUT2D eigenvalue weighted by Crippen LogP contribution is -2.44. The Kier molecular flexibility index (Phi) is 4.50. The number of anilines is 2. The fourth-order valence-corrected chi connectivity index (χ4v) is 2.16. The Bertz CT molecular complexity index is 475. The zero-order valence-electron chi connectivity index (χ0n) is 12.8. The maximum absolute atomic E-state index is 12.0. The molecule has 0 aliphatic carbocycles. The fourth-order valence-electron chi connectivity index (χ4n) is 2.16. The minimum Gasteiger partial charge on any atom is -0.444 e. The maximum atomic E-state index is 12.0. The van der Waals surface area contributed by atoms with E-state index >= 15 is 0 Å². The van der Waals surface area contributed by atoms with E-state index in [0.717, 1.165) is 12.8 Å². The molecular weight excluding hydrogens is 270 g/mol. The summed E-state index contributed by atoms with van der Waals surface area (Å²) >= 11 is 0. The highest BCUT2D eigenvalue weighted by molar-refractivity contribution is 5.68. The topological polar surface area (TPSA) is 93.4 Å². The van der Waals surface area contributed by atoms with E-state index in [0.29, 0.717) is 24.7 Å². The van der Waals surface area contributed by atoms with Crippen LogP contribution in [0.1, 0.15) is 33.6 Å². The van der Waals surface area contributed by atoms with Gasteiger partial charge in [-0.2, -0.15) is 0 Å². The van der Waals surface area contributed by atoms with Gasteiger partial charge in [0.2, 0.25) is 0 Å². The van der Waals surface area contributed by atoms with Crippen LogP contribution >= 0.6 is 0 Å². The van der Waals surface area contributed by atoms with E-state index in [9.17, 15) is 4.79 Å². The second kappa shape index (κ2) is 6.15. The van der Waals surface area contributed by atoms with Crippen LogP contribution in [0.3, 0.4) is 0 Å². The first-order valence-electron chi connectivity index (χ1n) is 7.17. The number of carbonyl (C=O) groups is 1. The molecule has 1 aliphatic heterocycles. The number of nitrogen functional groups attached to an aromatic ring is 1. The molecular formula is C14H23N5O2. The normalized spacial score (nSPS) is 16.6. The predicted molar refractivity (Wildman–Crippen MR) is 80.9 cm³/mol. The van der Waals surface area contributed by atoms with Crippen molar-refractivity contribution in [1.82, 2.24) is 15.1 Å². The summed E-state index contributed by atoms with van der Waals surface area (Å²) < 4.78 is 5.37. The lowest BCUT2D eigenvalue weighted by molar-refractivity contribution is 0.0210. The monoisotopic (exact) mass is 293 g/mol. The van der Waals surface area contributed by atoms with Crippen molar-refractivity contribution in [3.8, 4) is 0 Å². The molecule has 1 aromatic rings. The second-order valence-electron chi connectivity index (χ2n) is 6.23. The van der Waals surface area contributed by atoms with E-state index < -0.39 is 5.60 Å². The molecule has 2 rings (SSSR count). The molecule has 1 aromatic heterocycles. The van der Waals surface area contributed by atoms with Crippen LogP contribution in [0.5, 0.6) is 0 Å². The molecule has 116 valence electrons. The van der Waals surface area contributed by atoms with E-state index in [1.165, 1.54) is 0 Å². The van der Waals surface area contributed by atoms with Gasteiger partial charge >= 0.3 is 6.09 Å². The lowest BCUT2D eigenvalue weighted by Gasteiger charge is -2.33. The Morgan fingerprint density at radius 1 is 1.33 bits per heavy atom. The third kappa shape index (κ3) is 4.77. The van der Waals surface area contributed by atoms with E-state index in [4.69, 9.17) is 10.5 Å². The highest BCUT2D eigenvalue weighted by Crippen LogP contribution is 2.18. The molecule has 0 atom stereocenters. The molecule has 0 spiro atoms. The summed E-state index contributed by atoms with van der Waals surface area (Å²) in [4.78, 5) is 13.7. The number of nitrogens with zero attached hydrogens (tertiary/aromatic N) is 3. The number of carbonyl (C=O) groups excluding carboxylic acids is 1. The molecule has 7 nitrogen and oxygen atoms in total. The van der Waals surface area contributed by atoms with Crippen molar-refractivity contribution in [3.63, 3.8) is 0 Å². The number of piperidine rings is 1. The quantitative estimate of drug-likeness (QED) is 0.864. The predicted octanol–water partition coefficient (Wildman–Crippen LogP) is 1.87. The molecule has 3 N–H and O–H groups in total. The maximum Gasteiger partial charge on any atom is 0.410 e. The Balaban J connectivity index is 1.80. The largest absolute Gasteiger partial charge is 0.444 e. The second-order valence-corrected chi connectivity index (χ2v) is 6.23. The van der Waals surface area contributed by atoms with Crippen LogP contribution in [0.2, 0.25) is 0 Å². The summed E-state index contributed by atoms with van der Waals surface area (Å²) in [6.07, 6.45) is 1.46. The van der Waals surface area contributed by atoms with Crippen molar-refractivity contribution in [2.75, 3.05) is 24.1 Å². The van der Waals surface area contributed by atoms with Crippen molar-refractivity contribution in [2.24, 2.45) is 0 Å². The van der Waals surface area contributed by atoms with Crippen molar-refractivity contribution in [3.05, 3.63) is 12.1 Å². The molecule has 0 bridgehead atoms. The summed E-state index contributed by atoms with van der Waals surface area (Å²) in [6, 6.07) is 3.80. The average molecular weight is 293 g/mol. The summed E-state index contributed by atoms with van der Waals surface area (Å²) in [5, 5.41) is 11.1. The number of nitrogens with one attached hydrogen (secondary N) is 1. The summed E-state index contributed by atoms with van der Waals surface area (Å²) in [6.45, 7) is 6.97. The van der Waals surface area contributed by atoms with Gasteiger partial charge in [-0.05, 0) is 45.7 Å². The molecule has 0 radical (unpaired) electrons. The zero-order chi connectivity index (χ0) is 15.5. The number of hydrogen-bond donors (Lipinski definition) is 2. The molecule has 7 heteroatoms. The van der Waals surface area contributed by atoms with Crippen molar-refractivity contribution in [2.45, 2.75) is 45.3 Å². The highest BCUT2D eigenvalue weighted by atomic mass is 16.6. The van der Waals surface area contributed by atoms with Gasteiger partial charge in [0.05, 0.1) is 0 Å². The van der Waals surface area contributed by atoms with Gasteiger partial charge in [-0.15, -0.1) is 10.2 Å². The fraction of sp³-hybridized carbons (Fsp3) is 0.643. The van der Waals surface area contributed by atoms with E-state index in [2.05, 4.69) is 15.5 Å². The third-order valence-corrected chi connectivity index (χ3v) is 3.18. The number of nitrogens with two attached hydrogens (primary N) is 1. The van der Waals surface area contributed by atoms with Gasteiger partial charge in [0.1, 0.15) is 17.2 Å². The number of likely N-dealkylation sites (tertiary alicyclic amines) is 1. The van der Waals surface area contributed by atoms with Crippen LogP contribution in [0.4, 0.5) is 16.4 Å². The van der Waals surface area contributed by atoms with Crippen LogP contribution < -0.4 is 11.1 Å². The van der Waals surface area contributed by atoms with E-state index in [1.807, 2.05) is 26.8 Å². The van der Waals surface area contributed by atoms with E-state index in [-0.39, 0.29) is 12.1 Å². The summed E-state index contributed by atoms with van der Waals surface area (Å²) in [5.41, 5.74) is 5.05. The summed E-state index contributed by atoms with van der Waals surface area (Å²) in [7, 11) is 0. The molecule has 0 unspecified atom stereocenters. The molecule has 0 aromatic carbocycles. The molecule has 1 saturated heterocycles. The minimum atomic E-state index is -0.453. The van der Waals surface area contributed by atoms with Gasteiger partial charge in [-0.3, -0.25) is 0 Å². The molecule has 1 aliphatic rings. The smallest absolute Gasteiger partial charge is 0.410 e. The average Bonchev–Trinajstić information content (AvgIpc) is 2.40. The Morgan fingerprint density at radius 3 is 2.52 bits per heavy atom. The molecule has 1 amide bonds. The van der Waals surface area contributed by atoms with Gasteiger partial charge in [-0.1, -0.05) is 0 Å². The van der Waals surface area contributed by atoms with Gasteiger partial charge in [0.15, 0.2) is 0 Å². The highest BCUT2D eigenvalue weighted by Gasteiger charge is 2.26. The van der Waals surface area contributed by atoms with Crippen molar-refractivity contribution in [1.29, 1.82) is 0 Å². The first-order valence-corrected chi connectivity index (χ1v) is 7.17. The number of hydrogen-bond acceptors (Lipinski definition) is 6. The van der Waals surface area contributed by atoms with Crippen LogP contribution in [-0.2, 0) is 4.74 Å². The lowest BCUT2D eigenvalue weighted by atomic mass is 10.1. The van der Waals surface area contributed by atoms with Crippen LogP contribution in [-0.4, -0.2) is 45.9 Å². The Labute approximate surface area is 124 Å². The van der Waals surface area contributed by atoms with Crippen LogP contribution in [0.15, 0.2) is 12.1 Å². The Morgan fingerprint density at radius 2 is 2.00 bits per heavy atom. The molecule has 0 saturated carbocycles. The van der Waals surface area contributed by atoms with Crippen molar-refractivity contribution >= 4 is 17.7 Å². The first kappa shape index (κ1) is 15.3. The zero-order valence-corrected chi connectivity index (χ0v) is 12.8. The molecule has 1 fully saturated rings. The van der Waals surface area contributed by atoms with Gasteiger partial charge in [-0.25, -0.2) is 4.79 Å². The SMILES string of the molecule is CC(C)(C)OC(=O)N1CCC(Nc2ccc(N)nn2)CC1. The summed E-state index contributed by atoms with van der Waals surface area (Å²) in [5.74, 6) is 1.11. The number of ether oxygens (including phenoxy) is 1. The standard InChI is InChI=1S/C14H23N5O2/c1-14(2,3)21-13(20)19-8-6-10(7-9-19)16-12-5-4-11(15)17-18-12/h4-5,10H,6-9H2,1-3H3,(H2,15,17)(H,16,18). The number of aromatic nitrogens is 2. The Hall–Kier alpha value is -2.05. The number of amides is 1. The number of rotatable bonds is 2. The van der Waals surface area contributed by atoms with Gasteiger partial charge < -0.3 is 20.7 Å². The molecule has 2 heterocycles. The van der Waals surface area contributed by atoms with Crippen molar-refractivity contribution < 1.29 is 9.53 Å². The van der Waals surface area contributed by atoms with Crippen LogP contribution in [0, 0.1) is 0 Å². The van der Waals surface area contributed by atoms with Gasteiger partial charge in [0.25, 0.3) is 0 Å². The third-order valence-electron chi connectivity index (χ3n) is 3.18. The van der Waals surface area contributed by atoms with Gasteiger partial charge in [0, 0.05) is 19.1 Å². The minimum absolute atomic E-state index is 0.242.